The summed E-state index contributed by atoms with van der Waals surface area (Å²) in [5, 5.41) is 0.801. The Morgan fingerprint density at radius 3 is 2.50 bits per heavy atom. The molecule has 0 fully saturated rings. The van der Waals surface area contributed by atoms with Gasteiger partial charge in [0.25, 0.3) is 5.91 Å². The van der Waals surface area contributed by atoms with E-state index in [0.717, 1.165) is 17.5 Å². The maximum atomic E-state index is 12.8. The van der Waals surface area contributed by atoms with Crippen molar-refractivity contribution in [3.63, 3.8) is 0 Å². The topological polar surface area (TPSA) is 63.0 Å². The molecule has 0 atom stereocenters. The normalized spacial score (nSPS) is 11.0. The number of rotatable bonds is 8. The van der Waals surface area contributed by atoms with Crippen LogP contribution in [0, 0.1) is 0 Å². The van der Waals surface area contributed by atoms with Crippen LogP contribution >= 0.6 is 0 Å². The first-order valence-electron chi connectivity index (χ1n) is 9.14. The lowest BCUT2D eigenvalue weighted by Gasteiger charge is -2.24. The van der Waals surface area contributed by atoms with Crippen molar-refractivity contribution in [3.8, 4) is 5.75 Å². The number of hydrogen-bond acceptors (Lipinski definition) is 5. The van der Waals surface area contributed by atoms with Crippen LogP contribution in [0.15, 0.2) is 69.9 Å². The van der Waals surface area contributed by atoms with Crippen LogP contribution in [0.5, 0.6) is 5.75 Å². The first-order valence-corrected chi connectivity index (χ1v) is 9.14. The van der Waals surface area contributed by atoms with Gasteiger partial charge in [-0.05, 0) is 37.9 Å². The Bertz CT molecular complexity index is 982. The molecule has 146 valence electrons. The van der Waals surface area contributed by atoms with E-state index in [1.54, 1.807) is 29.2 Å². The number of fused-ring (bicyclic) bond motifs is 1. The van der Waals surface area contributed by atoms with Gasteiger partial charge in [0.15, 0.2) is 6.61 Å². The molecule has 0 spiro atoms. The van der Waals surface area contributed by atoms with Gasteiger partial charge in [-0.15, -0.1) is 0 Å². The van der Waals surface area contributed by atoms with Crippen LogP contribution < -0.4 is 10.4 Å². The molecule has 1 amide bonds. The summed E-state index contributed by atoms with van der Waals surface area (Å²) in [7, 11) is 3.95. The minimum atomic E-state index is -0.418. The highest BCUT2D eigenvalue weighted by atomic mass is 16.5. The summed E-state index contributed by atoms with van der Waals surface area (Å²) in [6.45, 7) is 1.82. The van der Waals surface area contributed by atoms with Crippen LogP contribution in [0.4, 0.5) is 0 Å². The highest BCUT2D eigenvalue weighted by Crippen LogP contribution is 2.19. The fourth-order valence-corrected chi connectivity index (χ4v) is 2.78. The zero-order valence-electron chi connectivity index (χ0n) is 16.1. The number of carbonyl (C=O) groups is 1. The molecule has 0 radical (unpaired) electrons. The molecule has 6 heteroatoms. The Morgan fingerprint density at radius 1 is 1.00 bits per heavy atom. The summed E-state index contributed by atoms with van der Waals surface area (Å²) in [6.07, 6.45) is 0. The Balaban J connectivity index is 1.67. The van der Waals surface area contributed by atoms with Gasteiger partial charge in [0, 0.05) is 37.2 Å². The summed E-state index contributed by atoms with van der Waals surface area (Å²) in [4.78, 5) is 28.0. The average molecular weight is 380 g/mol. The molecule has 1 heterocycles. The molecule has 0 bridgehead atoms. The molecule has 1 aromatic heterocycles. The van der Waals surface area contributed by atoms with Gasteiger partial charge < -0.3 is 19.0 Å². The average Bonchev–Trinajstić information content (AvgIpc) is 2.69. The maximum Gasteiger partial charge on any atom is 0.336 e. The third-order valence-corrected chi connectivity index (χ3v) is 4.34. The smallest absolute Gasteiger partial charge is 0.336 e. The Morgan fingerprint density at radius 2 is 1.75 bits per heavy atom. The summed E-state index contributed by atoms with van der Waals surface area (Å²) in [5.74, 6) is 0.391. The number of hydrogen-bond donors (Lipinski definition) is 0. The van der Waals surface area contributed by atoms with Crippen molar-refractivity contribution in [2.24, 2.45) is 0 Å². The molecule has 6 nitrogen and oxygen atoms in total. The Kier molecular flexibility index (Phi) is 6.45. The lowest BCUT2D eigenvalue weighted by Crippen LogP contribution is -2.38. The number of likely N-dealkylation sites (N-methyl/N-ethyl adjacent to an activating group) is 1. The molecule has 0 N–H and O–H groups in total. The van der Waals surface area contributed by atoms with Crippen molar-refractivity contribution < 1.29 is 13.9 Å². The second-order valence-corrected chi connectivity index (χ2v) is 6.85. The standard InChI is InChI=1S/C22H24N2O4/c1-23(2)12-13-24(15-17-6-4-3-5-7-17)21(25)16-27-19-10-8-18-9-11-22(26)28-20(18)14-19/h3-11,14H,12-13,15-16H2,1-2H3. The van der Waals surface area contributed by atoms with Gasteiger partial charge in [-0.1, -0.05) is 30.3 Å². The van der Waals surface area contributed by atoms with E-state index in [1.807, 2.05) is 49.3 Å². The van der Waals surface area contributed by atoms with Crippen molar-refractivity contribution in [2.45, 2.75) is 6.54 Å². The molecule has 0 saturated heterocycles. The molecule has 2 aromatic carbocycles. The van der Waals surface area contributed by atoms with Crippen LogP contribution in [-0.4, -0.2) is 49.5 Å². The van der Waals surface area contributed by atoms with Crippen molar-refractivity contribution in [3.05, 3.63) is 76.6 Å². The van der Waals surface area contributed by atoms with E-state index in [1.165, 1.54) is 6.07 Å². The molecule has 3 aromatic rings. The predicted molar refractivity (Wildman–Crippen MR) is 108 cm³/mol. The van der Waals surface area contributed by atoms with Gasteiger partial charge in [-0.3, -0.25) is 4.79 Å². The van der Waals surface area contributed by atoms with Gasteiger partial charge in [0.1, 0.15) is 11.3 Å². The largest absolute Gasteiger partial charge is 0.484 e. The van der Waals surface area contributed by atoms with E-state index >= 15 is 0 Å². The van der Waals surface area contributed by atoms with E-state index in [4.69, 9.17) is 9.15 Å². The number of ether oxygens (including phenoxy) is 1. The summed E-state index contributed by atoms with van der Waals surface area (Å²) in [6, 6.07) is 18.1. The second kappa shape index (κ2) is 9.19. The summed E-state index contributed by atoms with van der Waals surface area (Å²) >= 11 is 0. The molecule has 0 aliphatic carbocycles. The summed E-state index contributed by atoms with van der Waals surface area (Å²) in [5.41, 5.74) is 1.09. The molecular weight excluding hydrogens is 356 g/mol. The lowest BCUT2D eigenvalue weighted by molar-refractivity contribution is -0.134. The highest BCUT2D eigenvalue weighted by molar-refractivity contribution is 5.79. The first-order chi connectivity index (χ1) is 13.5. The first kappa shape index (κ1) is 19.6. The molecular formula is C22H24N2O4. The SMILES string of the molecule is CN(C)CCN(Cc1ccccc1)C(=O)COc1ccc2ccc(=O)oc2c1. The highest BCUT2D eigenvalue weighted by Gasteiger charge is 2.15. The fraction of sp³-hybridized carbons (Fsp3) is 0.273. The van der Waals surface area contributed by atoms with Gasteiger partial charge in [-0.2, -0.15) is 0 Å². The van der Waals surface area contributed by atoms with E-state index in [2.05, 4.69) is 0 Å². The zero-order valence-corrected chi connectivity index (χ0v) is 16.1. The zero-order chi connectivity index (χ0) is 19.9. The third kappa shape index (κ3) is 5.44. The van der Waals surface area contributed by atoms with Crippen molar-refractivity contribution >= 4 is 16.9 Å². The number of nitrogens with zero attached hydrogens (tertiary/aromatic N) is 2. The molecule has 0 saturated carbocycles. The van der Waals surface area contributed by atoms with Gasteiger partial charge in [0.05, 0.1) is 0 Å². The van der Waals surface area contributed by atoms with Crippen molar-refractivity contribution in [1.29, 1.82) is 0 Å². The molecule has 0 aliphatic rings. The third-order valence-electron chi connectivity index (χ3n) is 4.34. The monoisotopic (exact) mass is 380 g/mol. The van der Waals surface area contributed by atoms with Crippen LogP contribution in [0.2, 0.25) is 0 Å². The van der Waals surface area contributed by atoms with E-state index in [-0.39, 0.29) is 12.5 Å². The van der Waals surface area contributed by atoms with Crippen molar-refractivity contribution in [2.75, 3.05) is 33.8 Å². The molecule has 28 heavy (non-hydrogen) atoms. The maximum absolute atomic E-state index is 12.8. The van der Waals surface area contributed by atoms with E-state index in [0.29, 0.717) is 24.4 Å². The molecule has 0 aliphatic heterocycles. The quantitative estimate of drug-likeness (QED) is 0.563. The van der Waals surface area contributed by atoms with Crippen LogP contribution in [-0.2, 0) is 11.3 Å². The van der Waals surface area contributed by atoms with Crippen molar-refractivity contribution in [1.82, 2.24) is 9.80 Å². The fourth-order valence-electron chi connectivity index (χ4n) is 2.78. The lowest BCUT2D eigenvalue weighted by atomic mass is 10.2. The molecule has 0 unspecified atom stereocenters. The second-order valence-electron chi connectivity index (χ2n) is 6.85. The minimum absolute atomic E-state index is 0.0805. The van der Waals surface area contributed by atoms with Gasteiger partial charge in [-0.25, -0.2) is 4.79 Å². The number of carbonyl (C=O) groups excluding carboxylic acids is 1. The minimum Gasteiger partial charge on any atom is -0.484 e. The molecule has 3 rings (SSSR count). The Labute approximate surface area is 163 Å². The van der Waals surface area contributed by atoms with Crippen LogP contribution in [0.25, 0.3) is 11.0 Å². The van der Waals surface area contributed by atoms with Gasteiger partial charge >= 0.3 is 5.63 Å². The van der Waals surface area contributed by atoms with E-state index in [9.17, 15) is 9.59 Å². The van der Waals surface area contributed by atoms with Gasteiger partial charge in [0.2, 0.25) is 0 Å². The predicted octanol–water partition coefficient (Wildman–Crippen LogP) is 2.76. The van der Waals surface area contributed by atoms with Crippen LogP contribution in [0.3, 0.4) is 0 Å². The number of benzene rings is 2. The number of amides is 1. The summed E-state index contributed by atoms with van der Waals surface area (Å²) < 4.78 is 10.8. The Hall–Kier alpha value is -3.12. The van der Waals surface area contributed by atoms with Crippen LogP contribution in [0.1, 0.15) is 5.56 Å². The van der Waals surface area contributed by atoms with E-state index < -0.39 is 5.63 Å².